The molecule has 0 spiro atoms. The standard InChI is InChI=1S/C14H21N5O2/c1-9(2)18-13-16-7-10(8-17-13)11(20)19-14(12(15)21)5-3-4-6-14/h7-9H,3-6H2,1-2H3,(H2,15,21)(H,19,20)(H,16,17,18). The van der Waals surface area contributed by atoms with Gasteiger partial charge in [0.1, 0.15) is 5.54 Å². The molecule has 2 rings (SSSR count). The minimum absolute atomic E-state index is 0.210. The minimum Gasteiger partial charge on any atom is -0.368 e. The summed E-state index contributed by atoms with van der Waals surface area (Å²) in [5, 5.41) is 5.80. The molecular weight excluding hydrogens is 270 g/mol. The molecule has 1 aromatic heterocycles. The van der Waals surface area contributed by atoms with Crippen LogP contribution in [0.25, 0.3) is 0 Å². The van der Waals surface area contributed by atoms with E-state index in [1.807, 2.05) is 13.8 Å². The van der Waals surface area contributed by atoms with Crippen LogP contribution in [-0.2, 0) is 4.79 Å². The molecule has 1 aromatic rings. The van der Waals surface area contributed by atoms with Gasteiger partial charge in [0, 0.05) is 18.4 Å². The normalized spacial score (nSPS) is 16.7. The van der Waals surface area contributed by atoms with Gasteiger partial charge in [-0.3, -0.25) is 9.59 Å². The fraction of sp³-hybridized carbons (Fsp3) is 0.571. The Hall–Kier alpha value is -2.18. The lowest BCUT2D eigenvalue weighted by Crippen LogP contribution is -2.55. The Morgan fingerprint density at radius 3 is 2.29 bits per heavy atom. The molecule has 0 aromatic carbocycles. The zero-order valence-electron chi connectivity index (χ0n) is 12.3. The minimum atomic E-state index is -0.925. The topological polar surface area (TPSA) is 110 Å². The molecular formula is C14H21N5O2. The average Bonchev–Trinajstić information content (AvgIpc) is 2.88. The van der Waals surface area contributed by atoms with Gasteiger partial charge in [-0.15, -0.1) is 0 Å². The van der Waals surface area contributed by atoms with E-state index in [1.165, 1.54) is 12.4 Å². The van der Waals surface area contributed by atoms with Gasteiger partial charge < -0.3 is 16.4 Å². The Labute approximate surface area is 123 Å². The number of nitrogens with two attached hydrogens (primary N) is 1. The van der Waals surface area contributed by atoms with E-state index in [0.717, 1.165) is 12.8 Å². The number of carbonyl (C=O) groups excluding carboxylic acids is 2. The highest BCUT2D eigenvalue weighted by molar-refractivity contribution is 5.98. The van der Waals surface area contributed by atoms with Gasteiger partial charge in [-0.1, -0.05) is 12.8 Å². The number of rotatable bonds is 5. The van der Waals surface area contributed by atoms with Gasteiger partial charge in [-0.05, 0) is 26.7 Å². The number of carbonyl (C=O) groups is 2. The van der Waals surface area contributed by atoms with Gasteiger partial charge in [-0.2, -0.15) is 0 Å². The molecule has 0 radical (unpaired) electrons. The van der Waals surface area contributed by atoms with E-state index in [2.05, 4.69) is 20.6 Å². The van der Waals surface area contributed by atoms with Crippen LogP contribution in [0.3, 0.4) is 0 Å². The monoisotopic (exact) mass is 291 g/mol. The first kappa shape index (κ1) is 15.2. The van der Waals surface area contributed by atoms with E-state index < -0.39 is 11.4 Å². The van der Waals surface area contributed by atoms with Crippen molar-refractivity contribution >= 4 is 17.8 Å². The molecule has 2 amide bonds. The lowest BCUT2D eigenvalue weighted by atomic mass is 9.96. The van der Waals surface area contributed by atoms with E-state index in [1.54, 1.807) is 0 Å². The highest BCUT2D eigenvalue weighted by atomic mass is 16.2. The lowest BCUT2D eigenvalue weighted by molar-refractivity contribution is -0.123. The van der Waals surface area contributed by atoms with Gasteiger partial charge in [0.05, 0.1) is 5.56 Å². The first-order valence-corrected chi connectivity index (χ1v) is 7.14. The lowest BCUT2D eigenvalue weighted by Gasteiger charge is -2.26. The van der Waals surface area contributed by atoms with Crippen LogP contribution in [0.4, 0.5) is 5.95 Å². The second-order valence-electron chi connectivity index (χ2n) is 5.70. The smallest absolute Gasteiger partial charge is 0.255 e. The maximum atomic E-state index is 12.2. The van der Waals surface area contributed by atoms with Crippen molar-refractivity contribution in [2.24, 2.45) is 5.73 Å². The summed E-state index contributed by atoms with van der Waals surface area (Å²) in [4.78, 5) is 32.0. The summed E-state index contributed by atoms with van der Waals surface area (Å²) in [6.45, 7) is 3.95. The third-order valence-corrected chi connectivity index (χ3v) is 3.61. The molecule has 0 atom stereocenters. The summed E-state index contributed by atoms with van der Waals surface area (Å²) in [5.41, 5.74) is 4.83. The first-order chi connectivity index (χ1) is 9.93. The predicted octanol–water partition coefficient (Wildman–Crippen LogP) is 0.825. The molecule has 1 aliphatic carbocycles. The molecule has 7 heteroatoms. The van der Waals surface area contributed by atoms with Gasteiger partial charge in [0.25, 0.3) is 5.91 Å². The Morgan fingerprint density at radius 1 is 1.24 bits per heavy atom. The fourth-order valence-corrected chi connectivity index (χ4v) is 2.48. The van der Waals surface area contributed by atoms with Crippen molar-refractivity contribution in [3.05, 3.63) is 18.0 Å². The van der Waals surface area contributed by atoms with Crippen LogP contribution in [0.2, 0.25) is 0 Å². The number of nitrogens with zero attached hydrogens (tertiary/aromatic N) is 2. The number of nitrogens with one attached hydrogen (secondary N) is 2. The molecule has 0 saturated heterocycles. The maximum absolute atomic E-state index is 12.2. The molecule has 21 heavy (non-hydrogen) atoms. The summed E-state index contributed by atoms with van der Waals surface area (Å²) in [7, 11) is 0. The molecule has 7 nitrogen and oxygen atoms in total. The largest absolute Gasteiger partial charge is 0.368 e. The maximum Gasteiger partial charge on any atom is 0.255 e. The highest BCUT2D eigenvalue weighted by Crippen LogP contribution is 2.29. The van der Waals surface area contributed by atoms with Crippen molar-refractivity contribution < 1.29 is 9.59 Å². The van der Waals surface area contributed by atoms with Crippen LogP contribution in [0.1, 0.15) is 49.9 Å². The molecule has 4 N–H and O–H groups in total. The molecule has 1 heterocycles. The molecule has 114 valence electrons. The molecule has 0 aliphatic heterocycles. The zero-order chi connectivity index (χ0) is 15.5. The second-order valence-corrected chi connectivity index (χ2v) is 5.70. The van der Waals surface area contributed by atoms with E-state index >= 15 is 0 Å². The summed E-state index contributed by atoms with van der Waals surface area (Å²) in [6.07, 6.45) is 5.82. The molecule has 1 saturated carbocycles. The number of hydrogen-bond acceptors (Lipinski definition) is 5. The molecule has 1 aliphatic rings. The predicted molar refractivity (Wildman–Crippen MR) is 78.7 cm³/mol. The Kier molecular flexibility index (Phi) is 4.40. The number of amides is 2. The zero-order valence-corrected chi connectivity index (χ0v) is 12.3. The van der Waals surface area contributed by atoms with Crippen molar-refractivity contribution in [3.63, 3.8) is 0 Å². The van der Waals surface area contributed by atoms with Crippen molar-refractivity contribution in [1.29, 1.82) is 0 Å². The SMILES string of the molecule is CC(C)Nc1ncc(C(=O)NC2(C(N)=O)CCCC2)cn1. The van der Waals surface area contributed by atoms with Crippen LogP contribution >= 0.6 is 0 Å². The van der Waals surface area contributed by atoms with Crippen molar-refractivity contribution in [2.45, 2.75) is 51.1 Å². The molecule has 0 bridgehead atoms. The average molecular weight is 291 g/mol. The van der Waals surface area contributed by atoms with E-state index in [-0.39, 0.29) is 11.9 Å². The summed E-state index contributed by atoms with van der Waals surface area (Å²) in [5.74, 6) is -0.383. The van der Waals surface area contributed by atoms with E-state index in [0.29, 0.717) is 24.4 Å². The van der Waals surface area contributed by atoms with Gasteiger partial charge >= 0.3 is 0 Å². The third kappa shape index (κ3) is 3.48. The second kappa shape index (κ2) is 6.07. The summed E-state index contributed by atoms with van der Waals surface area (Å²) in [6, 6.07) is 0.210. The van der Waals surface area contributed by atoms with Crippen molar-refractivity contribution in [1.82, 2.24) is 15.3 Å². The number of primary amides is 1. The quantitative estimate of drug-likeness (QED) is 0.744. The van der Waals surface area contributed by atoms with Crippen LogP contribution in [0, 0.1) is 0 Å². The number of anilines is 1. The van der Waals surface area contributed by atoms with Crippen LogP contribution in [0.15, 0.2) is 12.4 Å². The van der Waals surface area contributed by atoms with Gasteiger partial charge in [-0.25, -0.2) is 9.97 Å². The fourth-order valence-electron chi connectivity index (χ4n) is 2.48. The van der Waals surface area contributed by atoms with Gasteiger partial charge in [0.2, 0.25) is 11.9 Å². The first-order valence-electron chi connectivity index (χ1n) is 7.14. The van der Waals surface area contributed by atoms with Crippen LogP contribution in [-0.4, -0.2) is 33.4 Å². The Morgan fingerprint density at radius 2 is 1.81 bits per heavy atom. The van der Waals surface area contributed by atoms with Crippen LogP contribution in [0.5, 0.6) is 0 Å². The van der Waals surface area contributed by atoms with E-state index in [4.69, 9.17) is 5.73 Å². The summed E-state index contributed by atoms with van der Waals surface area (Å²) < 4.78 is 0. The van der Waals surface area contributed by atoms with E-state index in [9.17, 15) is 9.59 Å². The van der Waals surface area contributed by atoms with Crippen molar-refractivity contribution in [2.75, 3.05) is 5.32 Å². The Bertz CT molecular complexity index is 521. The molecule has 0 unspecified atom stereocenters. The third-order valence-electron chi connectivity index (χ3n) is 3.61. The Balaban J connectivity index is 2.07. The van der Waals surface area contributed by atoms with Crippen LogP contribution < -0.4 is 16.4 Å². The number of aromatic nitrogens is 2. The number of hydrogen-bond donors (Lipinski definition) is 3. The van der Waals surface area contributed by atoms with Crippen molar-refractivity contribution in [3.8, 4) is 0 Å². The highest BCUT2D eigenvalue weighted by Gasteiger charge is 2.41. The van der Waals surface area contributed by atoms with Gasteiger partial charge in [0.15, 0.2) is 0 Å². The summed E-state index contributed by atoms with van der Waals surface area (Å²) >= 11 is 0. The molecule has 1 fully saturated rings.